The monoisotopic (exact) mass is 232 g/mol. The van der Waals surface area contributed by atoms with E-state index >= 15 is 0 Å². The van der Waals surface area contributed by atoms with Gasteiger partial charge in [-0.3, -0.25) is 11.3 Å². The van der Waals surface area contributed by atoms with Gasteiger partial charge < -0.3 is 0 Å². The molecule has 1 aliphatic rings. The van der Waals surface area contributed by atoms with Gasteiger partial charge in [-0.05, 0) is 36.3 Å². The highest BCUT2D eigenvalue weighted by Crippen LogP contribution is 2.37. The maximum absolute atomic E-state index is 5.67. The molecule has 1 aromatic carbocycles. The lowest BCUT2D eigenvalue weighted by Crippen LogP contribution is -2.28. The molecule has 0 heterocycles. The number of nitrogens with one attached hydrogen (secondary N) is 1. The number of nitrogens with two attached hydrogens (primary N) is 1. The molecule has 0 spiro atoms. The lowest BCUT2D eigenvalue weighted by molar-refractivity contribution is 0.418. The predicted molar refractivity (Wildman–Crippen MR) is 72.6 cm³/mol. The van der Waals surface area contributed by atoms with E-state index in [1.54, 1.807) is 0 Å². The largest absolute Gasteiger partial charge is 0.271 e. The summed E-state index contributed by atoms with van der Waals surface area (Å²) in [5, 5.41) is 0. The van der Waals surface area contributed by atoms with Gasteiger partial charge in [-0.1, -0.05) is 50.5 Å². The Labute approximate surface area is 105 Å². The van der Waals surface area contributed by atoms with E-state index in [2.05, 4.69) is 36.6 Å². The number of hydrogen-bond acceptors (Lipinski definition) is 2. The molecule has 1 atom stereocenters. The van der Waals surface area contributed by atoms with Crippen molar-refractivity contribution in [3.63, 3.8) is 0 Å². The summed E-state index contributed by atoms with van der Waals surface area (Å²) in [7, 11) is 0. The third kappa shape index (κ3) is 3.08. The van der Waals surface area contributed by atoms with Gasteiger partial charge >= 0.3 is 0 Å². The normalized spacial score (nSPS) is 17.8. The molecule has 1 saturated carbocycles. The van der Waals surface area contributed by atoms with E-state index in [0.29, 0.717) is 6.04 Å². The van der Waals surface area contributed by atoms with E-state index in [9.17, 15) is 0 Å². The summed E-state index contributed by atoms with van der Waals surface area (Å²) >= 11 is 0. The second kappa shape index (κ2) is 6.18. The molecule has 1 aliphatic carbocycles. The van der Waals surface area contributed by atoms with Gasteiger partial charge in [0.1, 0.15) is 0 Å². The van der Waals surface area contributed by atoms with Crippen LogP contribution in [-0.4, -0.2) is 0 Å². The Hall–Kier alpha value is -0.860. The lowest BCUT2D eigenvalue weighted by atomic mass is 9.79. The van der Waals surface area contributed by atoms with Crippen molar-refractivity contribution >= 4 is 0 Å². The second-order valence-electron chi connectivity index (χ2n) is 5.16. The first-order chi connectivity index (χ1) is 8.35. The highest BCUT2D eigenvalue weighted by atomic mass is 15.2. The highest BCUT2D eigenvalue weighted by molar-refractivity contribution is 5.29. The van der Waals surface area contributed by atoms with E-state index in [1.807, 2.05) is 0 Å². The summed E-state index contributed by atoms with van der Waals surface area (Å²) in [5.41, 5.74) is 5.81. The first-order valence-corrected chi connectivity index (χ1v) is 6.91. The van der Waals surface area contributed by atoms with E-state index in [4.69, 9.17) is 5.84 Å². The van der Waals surface area contributed by atoms with Crippen molar-refractivity contribution in [3.05, 3.63) is 35.4 Å². The Balaban J connectivity index is 2.07. The van der Waals surface area contributed by atoms with Gasteiger partial charge in [-0.2, -0.15) is 0 Å². The number of hydrogen-bond donors (Lipinski definition) is 2. The van der Waals surface area contributed by atoms with Crippen LogP contribution in [0.15, 0.2) is 24.3 Å². The molecule has 94 valence electrons. The molecular formula is C15H24N2. The zero-order valence-electron chi connectivity index (χ0n) is 10.8. The first kappa shape index (κ1) is 12.6. The van der Waals surface area contributed by atoms with Crippen molar-refractivity contribution in [3.8, 4) is 0 Å². The molecule has 17 heavy (non-hydrogen) atoms. The minimum Gasteiger partial charge on any atom is -0.271 e. The quantitative estimate of drug-likeness (QED) is 0.580. The minimum atomic E-state index is 0.315. The fourth-order valence-electron chi connectivity index (χ4n) is 2.53. The molecular weight excluding hydrogens is 208 g/mol. The van der Waals surface area contributed by atoms with Crippen molar-refractivity contribution in [2.24, 2.45) is 5.84 Å². The van der Waals surface area contributed by atoms with Crippen LogP contribution in [0.3, 0.4) is 0 Å². The van der Waals surface area contributed by atoms with Crippen LogP contribution in [0.4, 0.5) is 0 Å². The van der Waals surface area contributed by atoms with Crippen molar-refractivity contribution < 1.29 is 0 Å². The zero-order valence-corrected chi connectivity index (χ0v) is 10.8. The SMILES string of the molecule is CCCCC(NN)c1cccc(C2CCC2)c1. The molecule has 0 saturated heterocycles. The maximum Gasteiger partial charge on any atom is 0.0460 e. The summed E-state index contributed by atoms with van der Waals surface area (Å²) < 4.78 is 0. The van der Waals surface area contributed by atoms with Crippen molar-refractivity contribution in [1.82, 2.24) is 5.43 Å². The van der Waals surface area contributed by atoms with E-state index in [0.717, 1.165) is 12.3 Å². The van der Waals surface area contributed by atoms with Gasteiger partial charge in [0.15, 0.2) is 0 Å². The van der Waals surface area contributed by atoms with Gasteiger partial charge in [0.05, 0.1) is 0 Å². The molecule has 2 rings (SSSR count). The molecule has 2 heteroatoms. The molecule has 0 aromatic heterocycles. The summed E-state index contributed by atoms with van der Waals surface area (Å²) in [4.78, 5) is 0. The molecule has 0 amide bonds. The molecule has 0 bridgehead atoms. The molecule has 2 nitrogen and oxygen atoms in total. The molecule has 1 unspecified atom stereocenters. The molecule has 1 aromatic rings. The average Bonchev–Trinajstić information content (AvgIpc) is 2.28. The molecule has 0 aliphatic heterocycles. The number of hydrazine groups is 1. The molecule has 0 radical (unpaired) electrons. The fourth-order valence-corrected chi connectivity index (χ4v) is 2.53. The third-order valence-corrected chi connectivity index (χ3v) is 3.94. The number of unbranched alkanes of at least 4 members (excludes halogenated alkanes) is 1. The Kier molecular flexibility index (Phi) is 4.57. The van der Waals surface area contributed by atoms with Gasteiger partial charge in [0.2, 0.25) is 0 Å². The Morgan fingerprint density at radius 2 is 2.24 bits per heavy atom. The summed E-state index contributed by atoms with van der Waals surface area (Å²) in [6, 6.07) is 9.31. The molecule has 1 fully saturated rings. The van der Waals surface area contributed by atoms with Crippen LogP contribution in [0.1, 0.15) is 68.5 Å². The minimum absolute atomic E-state index is 0.315. The number of rotatable bonds is 6. The fraction of sp³-hybridized carbons (Fsp3) is 0.600. The summed E-state index contributed by atoms with van der Waals surface area (Å²) in [6.45, 7) is 2.22. The van der Waals surface area contributed by atoms with E-state index < -0.39 is 0 Å². The van der Waals surface area contributed by atoms with Crippen molar-refractivity contribution in [2.45, 2.75) is 57.4 Å². The smallest absolute Gasteiger partial charge is 0.0460 e. The van der Waals surface area contributed by atoms with E-state index in [1.165, 1.54) is 43.2 Å². The van der Waals surface area contributed by atoms with Gasteiger partial charge in [0, 0.05) is 6.04 Å². The van der Waals surface area contributed by atoms with Crippen molar-refractivity contribution in [1.29, 1.82) is 0 Å². The van der Waals surface area contributed by atoms with Crippen LogP contribution in [-0.2, 0) is 0 Å². The van der Waals surface area contributed by atoms with Crippen LogP contribution in [0.5, 0.6) is 0 Å². The van der Waals surface area contributed by atoms with Gasteiger partial charge in [0.25, 0.3) is 0 Å². The topological polar surface area (TPSA) is 38.0 Å². The Morgan fingerprint density at radius 3 is 2.82 bits per heavy atom. The third-order valence-electron chi connectivity index (χ3n) is 3.94. The number of benzene rings is 1. The standard InChI is InChI=1S/C15H24N2/c1-2-3-10-15(17-16)14-9-5-8-13(11-14)12-6-4-7-12/h5,8-9,11-12,15,17H,2-4,6-7,10,16H2,1H3. The predicted octanol–water partition coefficient (Wildman–Crippen LogP) is 3.65. The summed E-state index contributed by atoms with van der Waals surface area (Å²) in [5.74, 6) is 6.47. The van der Waals surface area contributed by atoms with Crippen LogP contribution in [0.25, 0.3) is 0 Å². The average molecular weight is 232 g/mol. The maximum atomic E-state index is 5.67. The highest BCUT2D eigenvalue weighted by Gasteiger charge is 2.20. The zero-order chi connectivity index (χ0) is 12.1. The van der Waals surface area contributed by atoms with Crippen LogP contribution in [0, 0.1) is 0 Å². The van der Waals surface area contributed by atoms with E-state index in [-0.39, 0.29) is 0 Å². The van der Waals surface area contributed by atoms with Crippen LogP contribution in [0.2, 0.25) is 0 Å². The lowest BCUT2D eigenvalue weighted by Gasteiger charge is -2.27. The van der Waals surface area contributed by atoms with Gasteiger partial charge in [-0.25, -0.2) is 0 Å². The second-order valence-corrected chi connectivity index (χ2v) is 5.16. The Bertz CT molecular complexity index is 345. The van der Waals surface area contributed by atoms with Crippen LogP contribution < -0.4 is 11.3 Å². The molecule has 3 N–H and O–H groups in total. The summed E-state index contributed by atoms with van der Waals surface area (Å²) in [6.07, 6.45) is 7.69. The Morgan fingerprint density at radius 1 is 1.41 bits per heavy atom. The van der Waals surface area contributed by atoms with Crippen molar-refractivity contribution in [2.75, 3.05) is 0 Å². The van der Waals surface area contributed by atoms with Crippen LogP contribution >= 0.6 is 0 Å². The van der Waals surface area contributed by atoms with Gasteiger partial charge in [-0.15, -0.1) is 0 Å². The first-order valence-electron chi connectivity index (χ1n) is 6.91.